The summed E-state index contributed by atoms with van der Waals surface area (Å²) in [6.45, 7) is 7.30. The SMILES string of the molecule is CCNC(=O)N1CCN(C2=CN(Cc3cc(C(F)(F)F)cc(C(F)(F)F)c3)C(N[C@H]3C[C@@H](CC)N(C(=O)OCC)c4ccc(OC)nc43)N=C2)CC1. The molecular formula is C34H42F6N8O4. The van der Waals surface area contributed by atoms with Crippen LogP contribution < -0.4 is 20.3 Å². The lowest BCUT2D eigenvalue weighted by molar-refractivity contribution is -0.143. The number of nitrogens with one attached hydrogen (secondary N) is 2. The monoisotopic (exact) mass is 740 g/mol. The number of nitrogens with zero attached hydrogens (tertiary/aromatic N) is 6. The molecule has 1 saturated heterocycles. The summed E-state index contributed by atoms with van der Waals surface area (Å²) in [7, 11) is 1.44. The van der Waals surface area contributed by atoms with Crippen molar-refractivity contribution >= 4 is 24.0 Å². The average Bonchev–Trinajstić information content (AvgIpc) is 3.11. The van der Waals surface area contributed by atoms with Crippen LogP contribution in [0.5, 0.6) is 5.88 Å². The minimum atomic E-state index is -5.02. The molecule has 52 heavy (non-hydrogen) atoms. The molecule has 2 N–H and O–H groups in total. The number of urea groups is 1. The van der Waals surface area contributed by atoms with E-state index in [1.54, 1.807) is 41.3 Å². The quantitative estimate of drug-likeness (QED) is 0.303. The standard InChI is InChI=1S/C34H42F6N8O4/c1-5-24-17-26(29-27(8-9-28(44-29)51-4)48(24)32(50)52-7-3)43-30-42-18-25(45-10-12-46(13-11-45)31(49)41-6-2)20-47(30)19-21-14-22(33(35,36)37)16-23(15-21)34(38,39)40/h8-9,14-16,18,20,24,26,30,43H,5-7,10-13,17,19H2,1-4H3,(H,41,49)/t24-,26+,30?/m1/s1. The number of hydrogen-bond acceptors (Lipinski definition) is 9. The van der Waals surface area contributed by atoms with Gasteiger partial charge in [0.2, 0.25) is 5.88 Å². The predicted molar refractivity (Wildman–Crippen MR) is 179 cm³/mol. The lowest BCUT2D eigenvalue weighted by Crippen LogP contribution is -2.53. The fourth-order valence-corrected chi connectivity index (χ4v) is 6.52. The van der Waals surface area contributed by atoms with Crippen molar-refractivity contribution < 1.29 is 45.4 Å². The highest BCUT2D eigenvalue weighted by Gasteiger charge is 2.40. The van der Waals surface area contributed by atoms with Gasteiger partial charge in [-0.1, -0.05) is 6.92 Å². The van der Waals surface area contributed by atoms with E-state index in [4.69, 9.17) is 14.5 Å². The summed E-state index contributed by atoms with van der Waals surface area (Å²) in [5.74, 6) is 0.269. The van der Waals surface area contributed by atoms with E-state index in [0.717, 1.165) is 0 Å². The van der Waals surface area contributed by atoms with E-state index < -0.39 is 41.9 Å². The van der Waals surface area contributed by atoms with Gasteiger partial charge >= 0.3 is 24.5 Å². The molecule has 18 heteroatoms. The summed E-state index contributed by atoms with van der Waals surface area (Å²) in [4.78, 5) is 41.5. The molecule has 3 atom stereocenters. The van der Waals surface area contributed by atoms with Crippen molar-refractivity contribution in [3.8, 4) is 5.88 Å². The third-order valence-corrected chi connectivity index (χ3v) is 9.07. The van der Waals surface area contributed by atoms with Gasteiger partial charge in [-0.15, -0.1) is 0 Å². The van der Waals surface area contributed by atoms with Crippen molar-refractivity contribution in [3.63, 3.8) is 0 Å². The lowest BCUT2D eigenvalue weighted by atomic mass is 9.93. The minimum Gasteiger partial charge on any atom is -0.481 e. The summed E-state index contributed by atoms with van der Waals surface area (Å²) in [5.41, 5.74) is -1.60. The number of benzene rings is 1. The summed E-state index contributed by atoms with van der Waals surface area (Å²) in [6.07, 6.45) is -7.45. The van der Waals surface area contributed by atoms with Gasteiger partial charge in [0.1, 0.15) is 0 Å². The fraction of sp³-hybridized carbons (Fsp3) is 0.529. The number of carbonyl (C=O) groups is 2. The van der Waals surface area contributed by atoms with Gasteiger partial charge in [-0.3, -0.25) is 15.2 Å². The van der Waals surface area contributed by atoms with Gasteiger partial charge < -0.3 is 29.5 Å². The number of allylic oxidation sites excluding steroid dienone is 1. The summed E-state index contributed by atoms with van der Waals surface area (Å²) >= 11 is 0. The largest absolute Gasteiger partial charge is 0.481 e. The molecule has 2 aromatic rings. The maximum atomic E-state index is 13.8. The highest BCUT2D eigenvalue weighted by Crippen LogP contribution is 2.40. The molecule has 0 aliphatic carbocycles. The number of anilines is 1. The van der Waals surface area contributed by atoms with Crippen molar-refractivity contribution in [2.24, 2.45) is 4.99 Å². The molecule has 0 saturated carbocycles. The molecule has 284 valence electrons. The number of aromatic nitrogens is 1. The van der Waals surface area contributed by atoms with Crippen LogP contribution in [-0.4, -0.2) is 96.8 Å². The zero-order valence-electron chi connectivity index (χ0n) is 29.2. The first-order valence-electron chi connectivity index (χ1n) is 17.0. The molecule has 1 fully saturated rings. The number of aliphatic imine (C=N–C) groups is 1. The number of fused-ring (bicyclic) bond motifs is 1. The normalized spacial score (nSPS) is 20.7. The Balaban J connectivity index is 1.51. The first-order chi connectivity index (χ1) is 24.7. The highest BCUT2D eigenvalue weighted by atomic mass is 19.4. The van der Waals surface area contributed by atoms with Gasteiger partial charge in [-0.05, 0) is 56.5 Å². The molecule has 3 aliphatic rings. The Morgan fingerprint density at radius 2 is 1.63 bits per heavy atom. The van der Waals surface area contributed by atoms with Crippen LogP contribution in [0.2, 0.25) is 0 Å². The zero-order valence-corrected chi connectivity index (χ0v) is 29.2. The molecular weight excluding hydrogens is 698 g/mol. The van der Waals surface area contributed by atoms with Crippen LogP contribution in [0.25, 0.3) is 0 Å². The summed E-state index contributed by atoms with van der Waals surface area (Å²) in [6, 6.07) is 3.69. The fourth-order valence-electron chi connectivity index (χ4n) is 6.52. The van der Waals surface area contributed by atoms with Gasteiger partial charge in [-0.25, -0.2) is 14.6 Å². The molecule has 1 aromatic carbocycles. The second kappa shape index (κ2) is 15.9. The van der Waals surface area contributed by atoms with Crippen molar-refractivity contribution in [1.29, 1.82) is 0 Å². The number of methoxy groups -OCH3 is 1. The zero-order chi connectivity index (χ0) is 37.8. The van der Waals surface area contributed by atoms with Crippen molar-refractivity contribution in [3.05, 3.63) is 64.6 Å². The smallest absolute Gasteiger partial charge is 0.416 e. The van der Waals surface area contributed by atoms with Crippen molar-refractivity contribution in [1.82, 2.24) is 30.3 Å². The first kappa shape index (κ1) is 38.5. The first-order valence-corrected chi connectivity index (χ1v) is 17.0. The van der Waals surface area contributed by atoms with Gasteiger partial charge in [0.05, 0.1) is 54.2 Å². The molecule has 12 nitrogen and oxygen atoms in total. The molecule has 5 rings (SSSR count). The van der Waals surface area contributed by atoms with E-state index in [-0.39, 0.29) is 42.7 Å². The Morgan fingerprint density at radius 3 is 2.21 bits per heavy atom. The molecule has 3 aliphatic heterocycles. The second-order valence-corrected chi connectivity index (χ2v) is 12.4. The Labute approximate surface area is 297 Å². The second-order valence-electron chi connectivity index (χ2n) is 12.4. The third-order valence-electron chi connectivity index (χ3n) is 9.07. The number of amides is 3. The van der Waals surface area contributed by atoms with Crippen LogP contribution in [0.15, 0.2) is 47.2 Å². The predicted octanol–water partition coefficient (Wildman–Crippen LogP) is 5.96. The van der Waals surface area contributed by atoms with Gasteiger partial charge in [0, 0.05) is 57.6 Å². The highest BCUT2D eigenvalue weighted by molar-refractivity contribution is 5.90. The molecule has 0 radical (unpaired) electrons. The summed E-state index contributed by atoms with van der Waals surface area (Å²) in [5, 5.41) is 6.17. The molecule has 1 aromatic heterocycles. The number of rotatable bonds is 9. The molecule has 3 amide bonds. The van der Waals surface area contributed by atoms with Crippen LogP contribution >= 0.6 is 0 Å². The average molecular weight is 741 g/mol. The number of alkyl halides is 6. The van der Waals surface area contributed by atoms with Gasteiger partial charge in [0.25, 0.3) is 0 Å². The lowest BCUT2D eigenvalue weighted by Gasteiger charge is -2.43. The minimum absolute atomic E-state index is 0.0984. The number of hydrogen-bond donors (Lipinski definition) is 2. The molecule has 0 bridgehead atoms. The Morgan fingerprint density at radius 1 is 0.962 bits per heavy atom. The summed E-state index contributed by atoms with van der Waals surface area (Å²) < 4.78 is 93.7. The van der Waals surface area contributed by atoms with Crippen LogP contribution in [0.4, 0.5) is 41.6 Å². The van der Waals surface area contributed by atoms with E-state index in [1.807, 2.05) is 18.7 Å². The van der Waals surface area contributed by atoms with Crippen molar-refractivity contribution in [2.45, 2.75) is 70.9 Å². The molecule has 0 spiro atoms. The van der Waals surface area contributed by atoms with Gasteiger partial charge in [-0.2, -0.15) is 26.3 Å². The van der Waals surface area contributed by atoms with E-state index >= 15 is 0 Å². The van der Waals surface area contributed by atoms with E-state index in [9.17, 15) is 35.9 Å². The third kappa shape index (κ3) is 8.65. The van der Waals surface area contributed by atoms with Gasteiger partial charge in [0.15, 0.2) is 6.29 Å². The Kier molecular flexibility index (Phi) is 11.8. The maximum absolute atomic E-state index is 13.8. The van der Waals surface area contributed by atoms with Crippen LogP contribution in [-0.2, 0) is 23.6 Å². The number of piperazine rings is 1. The number of carbonyl (C=O) groups excluding carboxylic acids is 2. The maximum Gasteiger partial charge on any atom is 0.416 e. The van der Waals surface area contributed by atoms with Crippen molar-refractivity contribution in [2.75, 3.05) is 51.3 Å². The Bertz CT molecular complexity index is 1630. The van der Waals surface area contributed by atoms with E-state index in [1.165, 1.54) is 12.0 Å². The molecule has 4 heterocycles. The van der Waals surface area contributed by atoms with E-state index in [2.05, 4.69) is 15.6 Å². The number of halogens is 6. The number of pyridine rings is 1. The van der Waals surface area contributed by atoms with Crippen LogP contribution in [0.3, 0.4) is 0 Å². The Hall–Kier alpha value is -4.74. The van der Waals surface area contributed by atoms with E-state index in [0.29, 0.717) is 74.8 Å². The number of ether oxygens (including phenoxy) is 2. The molecule has 1 unspecified atom stereocenters. The topological polar surface area (TPSA) is 115 Å². The van der Waals surface area contributed by atoms with Crippen LogP contribution in [0.1, 0.15) is 62.0 Å². The van der Waals surface area contributed by atoms with Crippen LogP contribution in [0, 0.1) is 0 Å².